The van der Waals surface area contributed by atoms with Crippen molar-refractivity contribution in [1.82, 2.24) is 4.98 Å². The summed E-state index contributed by atoms with van der Waals surface area (Å²) in [6.07, 6.45) is 2.92. The molecule has 3 N–H and O–H groups in total. The Morgan fingerprint density at radius 1 is 1.37 bits per heavy atom. The fraction of sp³-hybridized carbons (Fsp3) is 0. The molecule has 1 aromatic heterocycles. The molecule has 0 radical (unpaired) electrons. The molecule has 2 aromatic rings. The Hall–Kier alpha value is -1.98. The van der Waals surface area contributed by atoms with E-state index in [0.29, 0.717) is 21.8 Å². The predicted octanol–water partition coefficient (Wildman–Crippen LogP) is 2.62. The SMILES string of the molecule is NC(=S)c1cccc(NC(=O)c2ccncc2Cl)c1. The number of nitrogens with zero attached hydrogens (tertiary/aromatic N) is 1. The summed E-state index contributed by atoms with van der Waals surface area (Å²) in [6.45, 7) is 0. The summed E-state index contributed by atoms with van der Waals surface area (Å²) in [5.41, 5.74) is 7.19. The molecule has 0 aliphatic rings. The summed E-state index contributed by atoms with van der Waals surface area (Å²) < 4.78 is 0. The number of nitrogens with two attached hydrogens (primary N) is 1. The van der Waals surface area contributed by atoms with E-state index in [0.717, 1.165) is 0 Å². The van der Waals surface area contributed by atoms with Crippen LogP contribution in [0.25, 0.3) is 0 Å². The molecule has 0 saturated heterocycles. The first-order chi connectivity index (χ1) is 9.08. The Labute approximate surface area is 120 Å². The minimum absolute atomic E-state index is 0.276. The van der Waals surface area contributed by atoms with Crippen molar-refractivity contribution in [2.24, 2.45) is 5.73 Å². The van der Waals surface area contributed by atoms with Crippen LogP contribution < -0.4 is 11.1 Å². The van der Waals surface area contributed by atoms with Gasteiger partial charge < -0.3 is 11.1 Å². The van der Waals surface area contributed by atoms with Crippen LogP contribution in [0.15, 0.2) is 42.7 Å². The van der Waals surface area contributed by atoms with Crippen LogP contribution in [0, 0.1) is 0 Å². The van der Waals surface area contributed by atoms with Gasteiger partial charge in [0.1, 0.15) is 4.99 Å². The highest BCUT2D eigenvalue weighted by molar-refractivity contribution is 7.80. The van der Waals surface area contributed by atoms with E-state index in [1.807, 2.05) is 0 Å². The van der Waals surface area contributed by atoms with E-state index < -0.39 is 0 Å². The van der Waals surface area contributed by atoms with E-state index in [-0.39, 0.29) is 10.9 Å². The van der Waals surface area contributed by atoms with Crippen LogP contribution in [-0.2, 0) is 0 Å². The predicted molar refractivity (Wildman–Crippen MR) is 79.5 cm³/mol. The Balaban J connectivity index is 2.22. The smallest absolute Gasteiger partial charge is 0.257 e. The quantitative estimate of drug-likeness (QED) is 0.853. The van der Waals surface area contributed by atoms with E-state index in [4.69, 9.17) is 29.6 Å². The number of nitrogens with one attached hydrogen (secondary N) is 1. The number of benzene rings is 1. The number of amides is 1. The Morgan fingerprint density at radius 3 is 2.84 bits per heavy atom. The first-order valence-corrected chi connectivity index (χ1v) is 6.17. The van der Waals surface area contributed by atoms with E-state index in [2.05, 4.69) is 10.3 Å². The van der Waals surface area contributed by atoms with Crippen LogP contribution in [0.3, 0.4) is 0 Å². The second-order valence-electron chi connectivity index (χ2n) is 3.75. The van der Waals surface area contributed by atoms with Crippen molar-refractivity contribution in [2.75, 3.05) is 5.32 Å². The van der Waals surface area contributed by atoms with Crippen molar-refractivity contribution < 1.29 is 4.79 Å². The maximum absolute atomic E-state index is 12.0. The number of carbonyl (C=O) groups is 1. The van der Waals surface area contributed by atoms with Crippen LogP contribution in [0.4, 0.5) is 5.69 Å². The molecule has 1 heterocycles. The van der Waals surface area contributed by atoms with Crippen LogP contribution in [-0.4, -0.2) is 15.9 Å². The maximum atomic E-state index is 12.0. The first-order valence-electron chi connectivity index (χ1n) is 5.38. The van der Waals surface area contributed by atoms with E-state index in [1.54, 1.807) is 30.3 Å². The fourth-order valence-corrected chi connectivity index (χ4v) is 1.84. The molecule has 1 aromatic carbocycles. The molecule has 0 aliphatic carbocycles. The summed E-state index contributed by atoms with van der Waals surface area (Å²) >= 11 is 10.8. The summed E-state index contributed by atoms with van der Waals surface area (Å²) in [5.74, 6) is -0.313. The van der Waals surface area contributed by atoms with Crippen LogP contribution in [0.2, 0.25) is 5.02 Å². The van der Waals surface area contributed by atoms with Gasteiger partial charge in [0.05, 0.1) is 10.6 Å². The van der Waals surface area contributed by atoms with Crippen molar-refractivity contribution in [1.29, 1.82) is 0 Å². The molecule has 4 nitrogen and oxygen atoms in total. The number of thiocarbonyl (C=S) groups is 1. The minimum Gasteiger partial charge on any atom is -0.389 e. The first kappa shape index (κ1) is 13.5. The topological polar surface area (TPSA) is 68.0 Å². The van der Waals surface area contributed by atoms with Crippen molar-refractivity contribution in [3.05, 3.63) is 58.9 Å². The second kappa shape index (κ2) is 5.77. The second-order valence-corrected chi connectivity index (χ2v) is 4.60. The van der Waals surface area contributed by atoms with Gasteiger partial charge in [0, 0.05) is 23.6 Å². The minimum atomic E-state index is -0.313. The molecule has 0 fully saturated rings. The molecule has 96 valence electrons. The van der Waals surface area contributed by atoms with Crippen LogP contribution in [0.1, 0.15) is 15.9 Å². The zero-order valence-corrected chi connectivity index (χ0v) is 11.3. The summed E-state index contributed by atoms with van der Waals surface area (Å²) in [6, 6.07) is 8.54. The number of hydrogen-bond donors (Lipinski definition) is 2. The molecule has 19 heavy (non-hydrogen) atoms. The average molecular weight is 292 g/mol. The van der Waals surface area contributed by atoms with Crippen molar-refractivity contribution in [3.8, 4) is 0 Å². The van der Waals surface area contributed by atoms with Gasteiger partial charge in [-0.1, -0.05) is 36.0 Å². The molecule has 0 spiro atoms. The lowest BCUT2D eigenvalue weighted by molar-refractivity contribution is 0.102. The largest absolute Gasteiger partial charge is 0.389 e. The molecule has 0 unspecified atom stereocenters. The van der Waals surface area contributed by atoms with Crippen LogP contribution in [0.5, 0.6) is 0 Å². The third-order valence-corrected chi connectivity index (χ3v) is 2.96. The van der Waals surface area contributed by atoms with Gasteiger partial charge in [-0.05, 0) is 18.2 Å². The van der Waals surface area contributed by atoms with Crippen molar-refractivity contribution >= 4 is 40.4 Å². The molecule has 0 saturated carbocycles. The molecular formula is C13H10ClN3OS. The van der Waals surface area contributed by atoms with Gasteiger partial charge in [-0.2, -0.15) is 0 Å². The fourth-order valence-electron chi connectivity index (χ4n) is 1.51. The number of anilines is 1. The summed E-state index contributed by atoms with van der Waals surface area (Å²) in [7, 11) is 0. The zero-order chi connectivity index (χ0) is 13.8. The van der Waals surface area contributed by atoms with Gasteiger partial charge in [-0.3, -0.25) is 9.78 Å². The van der Waals surface area contributed by atoms with Gasteiger partial charge in [-0.25, -0.2) is 0 Å². The average Bonchev–Trinajstić information content (AvgIpc) is 2.39. The molecule has 1 amide bonds. The summed E-state index contributed by atoms with van der Waals surface area (Å²) in [5, 5.41) is 3.02. The van der Waals surface area contributed by atoms with Crippen molar-refractivity contribution in [3.63, 3.8) is 0 Å². The lowest BCUT2D eigenvalue weighted by Gasteiger charge is -2.07. The number of halogens is 1. The van der Waals surface area contributed by atoms with E-state index in [9.17, 15) is 4.79 Å². The molecule has 0 atom stereocenters. The molecule has 0 bridgehead atoms. The lowest BCUT2D eigenvalue weighted by atomic mass is 10.2. The monoisotopic (exact) mass is 291 g/mol. The molecular weight excluding hydrogens is 282 g/mol. The maximum Gasteiger partial charge on any atom is 0.257 e. The number of carbonyl (C=O) groups excluding carboxylic acids is 1. The van der Waals surface area contributed by atoms with Gasteiger partial charge in [0.15, 0.2) is 0 Å². The number of rotatable bonds is 3. The van der Waals surface area contributed by atoms with Crippen molar-refractivity contribution in [2.45, 2.75) is 0 Å². The molecule has 2 rings (SSSR count). The van der Waals surface area contributed by atoms with Crippen LogP contribution >= 0.6 is 23.8 Å². The van der Waals surface area contributed by atoms with E-state index in [1.165, 1.54) is 12.4 Å². The molecule has 6 heteroatoms. The summed E-state index contributed by atoms with van der Waals surface area (Å²) in [4.78, 5) is 16.1. The third kappa shape index (κ3) is 3.27. The van der Waals surface area contributed by atoms with E-state index >= 15 is 0 Å². The highest BCUT2D eigenvalue weighted by Gasteiger charge is 2.10. The standard InChI is InChI=1S/C13H10ClN3OS/c14-11-7-16-5-4-10(11)13(18)17-9-3-1-2-8(6-9)12(15)19/h1-7H,(H2,15,19)(H,17,18). The zero-order valence-electron chi connectivity index (χ0n) is 9.76. The lowest BCUT2D eigenvalue weighted by Crippen LogP contribution is -2.14. The third-order valence-electron chi connectivity index (χ3n) is 2.42. The Morgan fingerprint density at radius 2 is 2.16 bits per heavy atom. The number of pyridine rings is 1. The number of hydrogen-bond acceptors (Lipinski definition) is 3. The number of aromatic nitrogens is 1. The normalized spacial score (nSPS) is 9.95. The van der Waals surface area contributed by atoms with Gasteiger partial charge >= 0.3 is 0 Å². The van der Waals surface area contributed by atoms with Gasteiger partial charge in [0.2, 0.25) is 0 Å². The van der Waals surface area contributed by atoms with Gasteiger partial charge in [-0.15, -0.1) is 0 Å². The van der Waals surface area contributed by atoms with Gasteiger partial charge in [0.25, 0.3) is 5.91 Å². The Bertz CT molecular complexity index is 645. The Kier molecular flexibility index (Phi) is 4.09. The highest BCUT2D eigenvalue weighted by atomic mass is 35.5. The highest BCUT2D eigenvalue weighted by Crippen LogP contribution is 2.17. The molecule has 0 aliphatic heterocycles.